The second-order valence-corrected chi connectivity index (χ2v) is 14.9. The van der Waals surface area contributed by atoms with Gasteiger partial charge in [0.15, 0.2) is 5.79 Å². The Morgan fingerprint density at radius 2 is 1.51 bits per heavy atom. The van der Waals surface area contributed by atoms with E-state index in [0.29, 0.717) is 23.7 Å². The number of aryl methyl sites for hydroxylation is 1. The fraction of sp³-hybridized carbons (Fsp3) is 0.600. The molecule has 1 heterocycles. The van der Waals surface area contributed by atoms with Gasteiger partial charge in [0.05, 0.1) is 19.3 Å². The minimum absolute atomic E-state index is 0.00700. The molecule has 6 unspecified atom stereocenters. The summed E-state index contributed by atoms with van der Waals surface area (Å²) in [4.78, 5) is 0. The number of aliphatic hydroxyl groups is 1. The third-order valence-electron chi connectivity index (χ3n) is 11.4. The Bertz CT molecular complexity index is 1400. The van der Waals surface area contributed by atoms with Crippen molar-refractivity contribution in [3.8, 4) is 11.8 Å². The molecule has 6 atom stereocenters. The highest BCUT2D eigenvalue weighted by atomic mass is 17.0. The molecule has 0 radical (unpaired) electrons. The Balaban J connectivity index is 0.000000963. The van der Waals surface area contributed by atoms with Crippen LogP contribution in [0, 0.1) is 47.3 Å². The van der Waals surface area contributed by atoms with Gasteiger partial charge in [0, 0.05) is 35.3 Å². The van der Waals surface area contributed by atoms with Gasteiger partial charge in [-0.25, -0.2) is 0 Å². The summed E-state index contributed by atoms with van der Waals surface area (Å²) in [6.07, 6.45) is 8.47. The van der Waals surface area contributed by atoms with Crippen LogP contribution in [-0.2, 0) is 9.47 Å². The molecule has 0 aromatic heterocycles. The van der Waals surface area contributed by atoms with Crippen LogP contribution in [0.4, 0.5) is 0 Å². The summed E-state index contributed by atoms with van der Waals surface area (Å²) in [5.41, 5.74) is 8.27. The van der Waals surface area contributed by atoms with Gasteiger partial charge in [-0.05, 0) is 104 Å². The molecule has 3 N–H and O–H groups in total. The number of fused-ring (bicyclic) bond motifs is 4. The van der Waals surface area contributed by atoms with E-state index in [1.54, 1.807) is 11.1 Å². The first-order chi connectivity index (χ1) is 21.6. The van der Waals surface area contributed by atoms with E-state index >= 15 is 0 Å². The highest BCUT2D eigenvalue weighted by Crippen LogP contribution is 2.65. The van der Waals surface area contributed by atoms with Crippen molar-refractivity contribution in [2.75, 3.05) is 13.2 Å². The number of allylic oxidation sites excluding steroid dienone is 2. The van der Waals surface area contributed by atoms with Gasteiger partial charge in [-0.3, -0.25) is 10.5 Å². The molecule has 5 aliphatic rings. The van der Waals surface area contributed by atoms with Crippen molar-refractivity contribution in [3.05, 3.63) is 81.9 Å². The first kappa shape index (κ1) is 33.9. The topological polar surface area (TPSA) is 79.2 Å². The largest absolute Gasteiger partial charge is 0.393 e. The van der Waals surface area contributed by atoms with Crippen molar-refractivity contribution in [2.24, 2.45) is 28.6 Å². The smallest absolute Gasteiger partial charge is 0.169 e. The standard InChI is InChI=1S/C38H46O3.C2H6.H2O2/c1-25-6-5-7-27(20-25)9-8-26-10-12-28(13-11-26)32-22-37(4)33(16-17-34(37)39)31-15-14-29-21-38(19-18-30(29)35(31)32)40-23-36(2,3)24-41-38;2*1-2/h5-7,10-13,20,29,31-34,39H,14-19,21-24H2,1-4H3;1-2H3;1-2H. The number of aliphatic hydroxyl groups excluding tert-OH is 1. The van der Waals surface area contributed by atoms with Crippen molar-refractivity contribution in [3.63, 3.8) is 0 Å². The molecule has 7 rings (SSSR count). The lowest BCUT2D eigenvalue weighted by Gasteiger charge is -2.55. The maximum Gasteiger partial charge on any atom is 0.169 e. The van der Waals surface area contributed by atoms with E-state index < -0.39 is 5.79 Å². The molecule has 0 bridgehead atoms. The van der Waals surface area contributed by atoms with E-state index in [1.165, 1.54) is 24.0 Å². The molecule has 1 spiro atoms. The summed E-state index contributed by atoms with van der Waals surface area (Å²) in [5.74, 6) is 8.43. The number of ether oxygens (including phenoxy) is 2. The monoisotopic (exact) mass is 614 g/mol. The van der Waals surface area contributed by atoms with Crippen LogP contribution in [0.25, 0.3) is 0 Å². The van der Waals surface area contributed by atoms with Crippen LogP contribution in [-0.4, -0.2) is 40.7 Å². The summed E-state index contributed by atoms with van der Waals surface area (Å²) in [5, 5.41) is 23.3. The van der Waals surface area contributed by atoms with E-state index in [0.717, 1.165) is 62.9 Å². The van der Waals surface area contributed by atoms with Gasteiger partial charge in [0.2, 0.25) is 0 Å². The average molecular weight is 615 g/mol. The Morgan fingerprint density at radius 1 is 0.822 bits per heavy atom. The van der Waals surface area contributed by atoms with Crippen LogP contribution in [0.1, 0.15) is 114 Å². The van der Waals surface area contributed by atoms with E-state index in [2.05, 4.69) is 88.1 Å². The number of benzene rings is 2. The van der Waals surface area contributed by atoms with Crippen LogP contribution in [0.15, 0.2) is 59.7 Å². The van der Waals surface area contributed by atoms with Crippen LogP contribution < -0.4 is 0 Å². The number of hydrogen-bond donors (Lipinski definition) is 3. The second kappa shape index (κ2) is 13.7. The Kier molecular flexibility index (Phi) is 10.3. The minimum Gasteiger partial charge on any atom is -0.393 e. The quantitative estimate of drug-likeness (QED) is 0.129. The Labute approximate surface area is 271 Å². The summed E-state index contributed by atoms with van der Waals surface area (Å²) in [7, 11) is 0. The molecule has 45 heavy (non-hydrogen) atoms. The normalized spacial score (nSPS) is 32.3. The molecule has 4 fully saturated rings. The van der Waals surface area contributed by atoms with Gasteiger partial charge in [-0.15, -0.1) is 0 Å². The first-order valence-corrected chi connectivity index (χ1v) is 17.2. The fourth-order valence-corrected chi connectivity index (χ4v) is 9.17. The van der Waals surface area contributed by atoms with E-state index in [4.69, 9.17) is 20.0 Å². The first-order valence-electron chi connectivity index (χ1n) is 17.2. The molecular formula is C40H54O5. The highest BCUT2D eigenvalue weighted by molar-refractivity contribution is 5.47. The van der Waals surface area contributed by atoms with Gasteiger partial charge in [0.25, 0.3) is 0 Å². The van der Waals surface area contributed by atoms with Gasteiger partial charge >= 0.3 is 0 Å². The molecule has 5 heteroatoms. The maximum atomic E-state index is 11.3. The van der Waals surface area contributed by atoms with Crippen LogP contribution in [0.5, 0.6) is 0 Å². The third-order valence-corrected chi connectivity index (χ3v) is 11.4. The van der Waals surface area contributed by atoms with Gasteiger partial charge in [-0.2, -0.15) is 0 Å². The van der Waals surface area contributed by atoms with E-state index in [-0.39, 0.29) is 16.9 Å². The predicted molar refractivity (Wildman–Crippen MR) is 180 cm³/mol. The number of hydrogen-bond acceptors (Lipinski definition) is 5. The zero-order valence-corrected chi connectivity index (χ0v) is 28.2. The summed E-state index contributed by atoms with van der Waals surface area (Å²) in [6.45, 7) is 14.5. The lowest BCUT2D eigenvalue weighted by Crippen LogP contribution is -2.52. The molecule has 1 aliphatic heterocycles. The molecule has 2 aromatic rings. The SMILES string of the molecule is CC.Cc1cccc(C#Cc2ccc(C3CC4(C)C(O)CCC4C4CCC5CC6(CCC5=C34)OCC(C)(C)CO6)cc2)c1.OO. The zero-order valence-electron chi connectivity index (χ0n) is 28.2. The average Bonchev–Trinajstić information content (AvgIpc) is 3.37. The zero-order chi connectivity index (χ0) is 32.4. The summed E-state index contributed by atoms with van der Waals surface area (Å²) < 4.78 is 13.0. The van der Waals surface area contributed by atoms with Gasteiger partial charge in [-0.1, -0.05) is 81.9 Å². The fourth-order valence-electron chi connectivity index (χ4n) is 9.17. The lowest BCUT2D eigenvalue weighted by molar-refractivity contribution is -0.312. The van der Waals surface area contributed by atoms with Crippen molar-refractivity contribution in [1.82, 2.24) is 0 Å². The lowest BCUT2D eigenvalue weighted by atomic mass is 9.52. The molecule has 244 valence electrons. The minimum atomic E-state index is -0.392. The van der Waals surface area contributed by atoms with Crippen LogP contribution in [0.3, 0.4) is 0 Å². The molecule has 0 amide bonds. The summed E-state index contributed by atoms with van der Waals surface area (Å²) in [6, 6.07) is 17.5. The molecular weight excluding hydrogens is 560 g/mol. The Morgan fingerprint density at radius 3 is 2.20 bits per heavy atom. The molecule has 1 saturated heterocycles. The Hall–Kier alpha value is -2.46. The highest BCUT2D eigenvalue weighted by Gasteiger charge is 2.57. The van der Waals surface area contributed by atoms with E-state index in [1.807, 2.05) is 13.8 Å². The van der Waals surface area contributed by atoms with Crippen molar-refractivity contribution >= 4 is 0 Å². The third kappa shape index (κ3) is 6.69. The summed E-state index contributed by atoms with van der Waals surface area (Å²) >= 11 is 0. The van der Waals surface area contributed by atoms with Gasteiger partial charge < -0.3 is 14.6 Å². The van der Waals surface area contributed by atoms with E-state index in [9.17, 15) is 5.11 Å². The molecule has 4 aliphatic carbocycles. The predicted octanol–water partition coefficient (Wildman–Crippen LogP) is 8.98. The second-order valence-electron chi connectivity index (χ2n) is 14.9. The number of rotatable bonds is 1. The molecule has 5 nitrogen and oxygen atoms in total. The van der Waals surface area contributed by atoms with Crippen LogP contribution in [0.2, 0.25) is 0 Å². The van der Waals surface area contributed by atoms with Crippen molar-refractivity contribution < 1.29 is 25.1 Å². The van der Waals surface area contributed by atoms with Crippen molar-refractivity contribution in [2.45, 2.75) is 111 Å². The molecule has 2 aromatic carbocycles. The van der Waals surface area contributed by atoms with Crippen molar-refractivity contribution in [1.29, 1.82) is 0 Å². The maximum absolute atomic E-state index is 11.3. The molecule has 3 saturated carbocycles. The van der Waals surface area contributed by atoms with Crippen LogP contribution >= 0.6 is 0 Å². The van der Waals surface area contributed by atoms with Gasteiger partial charge in [0.1, 0.15) is 0 Å².